The summed E-state index contributed by atoms with van der Waals surface area (Å²) in [5.74, 6) is -0.771. The van der Waals surface area contributed by atoms with Crippen LogP contribution in [0.25, 0.3) is 11.0 Å². The van der Waals surface area contributed by atoms with Crippen molar-refractivity contribution in [3.63, 3.8) is 0 Å². The van der Waals surface area contributed by atoms with Gasteiger partial charge in [0.05, 0.1) is 16.8 Å². The molecule has 0 aliphatic heterocycles. The van der Waals surface area contributed by atoms with Crippen molar-refractivity contribution in [1.82, 2.24) is 14.5 Å². The number of carboxylic acid groups (broad SMARTS) is 1. The molecule has 0 spiro atoms. The van der Waals surface area contributed by atoms with Crippen molar-refractivity contribution in [3.05, 3.63) is 24.3 Å². The Morgan fingerprint density at radius 2 is 2.10 bits per heavy atom. The molecule has 1 heterocycles. The topological polar surface area (TPSA) is 58.4 Å². The molecule has 6 heteroatoms. The maximum atomic E-state index is 10.8. The smallest absolute Gasteiger partial charge is 0.313 e. The van der Waals surface area contributed by atoms with Crippen molar-refractivity contribution >= 4 is 28.8 Å². The second kappa shape index (κ2) is 7.47. The van der Waals surface area contributed by atoms with Crippen LogP contribution in [0.3, 0.4) is 0 Å². The summed E-state index contributed by atoms with van der Waals surface area (Å²) >= 11 is 1.29. The maximum absolute atomic E-state index is 10.8. The van der Waals surface area contributed by atoms with E-state index in [9.17, 15) is 4.79 Å². The lowest BCUT2D eigenvalue weighted by atomic mass is 10.3. The molecule has 2 aromatic rings. The average molecular weight is 307 g/mol. The van der Waals surface area contributed by atoms with Crippen molar-refractivity contribution in [2.75, 3.05) is 26.4 Å². The molecular formula is C15H21N3O2S. The number of unbranched alkanes of at least 4 members (excludes halogenated alkanes) is 1. The number of nitrogens with zero attached hydrogens (tertiary/aromatic N) is 3. The van der Waals surface area contributed by atoms with Crippen molar-refractivity contribution in [1.29, 1.82) is 0 Å². The van der Waals surface area contributed by atoms with E-state index < -0.39 is 5.97 Å². The Morgan fingerprint density at radius 3 is 2.81 bits per heavy atom. The van der Waals surface area contributed by atoms with Gasteiger partial charge in [-0.1, -0.05) is 23.9 Å². The molecule has 0 aliphatic carbocycles. The van der Waals surface area contributed by atoms with E-state index in [0.717, 1.165) is 42.1 Å². The summed E-state index contributed by atoms with van der Waals surface area (Å²) in [5.41, 5.74) is 2.01. The number of rotatable bonds is 8. The van der Waals surface area contributed by atoms with E-state index in [0.29, 0.717) is 0 Å². The Hall–Kier alpha value is -1.53. The highest BCUT2D eigenvalue weighted by atomic mass is 32.2. The first-order valence-electron chi connectivity index (χ1n) is 7.02. The molecule has 0 atom stereocenters. The van der Waals surface area contributed by atoms with Gasteiger partial charge in [0, 0.05) is 6.54 Å². The van der Waals surface area contributed by atoms with Gasteiger partial charge < -0.3 is 14.6 Å². The molecule has 1 aromatic heterocycles. The van der Waals surface area contributed by atoms with Crippen molar-refractivity contribution in [2.24, 2.45) is 0 Å². The zero-order chi connectivity index (χ0) is 15.2. The maximum Gasteiger partial charge on any atom is 0.313 e. The molecule has 0 fully saturated rings. The van der Waals surface area contributed by atoms with Gasteiger partial charge in [-0.3, -0.25) is 4.79 Å². The van der Waals surface area contributed by atoms with E-state index in [-0.39, 0.29) is 5.75 Å². The predicted octanol–water partition coefficient (Wildman–Crippen LogP) is 2.55. The van der Waals surface area contributed by atoms with Crippen LogP contribution >= 0.6 is 11.8 Å². The normalized spacial score (nSPS) is 11.4. The van der Waals surface area contributed by atoms with E-state index in [2.05, 4.69) is 28.5 Å². The number of aryl methyl sites for hydroxylation is 1. The van der Waals surface area contributed by atoms with E-state index in [1.165, 1.54) is 11.8 Å². The molecule has 1 N–H and O–H groups in total. The van der Waals surface area contributed by atoms with Crippen LogP contribution in [-0.2, 0) is 11.3 Å². The van der Waals surface area contributed by atoms with E-state index >= 15 is 0 Å². The Bertz CT molecular complexity index is 610. The number of hydrogen-bond donors (Lipinski definition) is 1. The summed E-state index contributed by atoms with van der Waals surface area (Å²) in [4.78, 5) is 17.5. The second-order valence-corrected chi connectivity index (χ2v) is 6.17. The minimum Gasteiger partial charge on any atom is -0.481 e. The predicted molar refractivity (Wildman–Crippen MR) is 85.9 cm³/mol. The van der Waals surface area contributed by atoms with Crippen molar-refractivity contribution < 1.29 is 9.90 Å². The number of fused-ring (bicyclic) bond motifs is 1. The van der Waals surface area contributed by atoms with Crippen LogP contribution in [0.5, 0.6) is 0 Å². The highest BCUT2D eigenvalue weighted by Gasteiger charge is 2.12. The molecule has 0 amide bonds. The minimum atomic E-state index is -0.814. The summed E-state index contributed by atoms with van der Waals surface area (Å²) in [6.07, 6.45) is 2.17. The number of hydrogen-bond acceptors (Lipinski definition) is 4. The van der Waals surface area contributed by atoms with Gasteiger partial charge >= 0.3 is 5.97 Å². The van der Waals surface area contributed by atoms with Gasteiger partial charge in [0.25, 0.3) is 0 Å². The van der Waals surface area contributed by atoms with Crippen LogP contribution in [0.4, 0.5) is 0 Å². The lowest BCUT2D eigenvalue weighted by molar-refractivity contribution is -0.133. The van der Waals surface area contributed by atoms with Gasteiger partial charge in [-0.05, 0) is 45.6 Å². The molecule has 0 unspecified atom stereocenters. The molecule has 0 saturated heterocycles. The number of thioether (sulfide) groups is 1. The van der Waals surface area contributed by atoms with Crippen LogP contribution in [0.2, 0.25) is 0 Å². The molecule has 2 rings (SSSR count). The standard InChI is InChI=1S/C15H21N3O2S/c1-17(2)9-5-6-10-18-13-8-4-3-7-12(13)16-15(18)21-11-14(19)20/h3-4,7-8H,5-6,9-11H2,1-2H3,(H,19,20). The van der Waals surface area contributed by atoms with Crippen LogP contribution in [0, 0.1) is 0 Å². The zero-order valence-corrected chi connectivity index (χ0v) is 13.3. The zero-order valence-electron chi connectivity index (χ0n) is 12.5. The van der Waals surface area contributed by atoms with Gasteiger partial charge in [0.2, 0.25) is 0 Å². The fourth-order valence-electron chi connectivity index (χ4n) is 2.20. The molecule has 114 valence electrons. The molecular weight excluding hydrogens is 286 g/mol. The fourth-order valence-corrected chi connectivity index (χ4v) is 2.96. The summed E-state index contributed by atoms with van der Waals surface area (Å²) in [7, 11) is 4.14. The Balaban J connectivity index is 2.13. The third kappa shape index (κ3) is 4.47. The number of imidazole rings is 1. The summed E-state index contributed by atoms with van der Waals surface area (Å²) in [5, 5.41) is 9.65. The average Bonchev–Trinajstić information content (AvgIpc) is 2.79. The monoisotopic (exact) mass is 307 g/mol. The number of para-hydroxylation sites is 2. The lowest BCUT2D eigenvalue weighted by Gasteiger charge is -2.11. The Labute approximate surface area is 129 Å². The summed E-state index contributed by atoms with van der Waals surface area (Å²) < 4.78 is 2.14. The van der Waals surface area contributed by atoms with Crippen LogP contribution in [0.15, 0.2) is 29.4 Å². The molecule has 0 saturated carbocycles. The quantitative estimate of drug-likeness (QED) is 0.600. The summed E-state index contributed by atoms with van der Waals surface area (Å²) in [6, 6.07) is 7.96. The van der Waals surface area contributed by atoms with Gasteiger partial charge in [-0.25, -0.2) is 4.98 Å². The first kappa shape index (κ1) is 15.9. The number of benzene rings is 1. The minimum absolute atomic E-state index is 0.0427. The van der Waals surface area contributed by atoms with E-state index in [1.54, 1.807) is 0 Å². The molecule has 5 nitrogen and oxygen atoms in total. The van der Waals surface area contributed by atoms with Crippen molar-refractivity contribution in [3.8, 4) is 0 Å². The van der Waals surface area contributed by atoms with Gasteiger partial charge in [0.15, 0.2) is 5.16 Å². The lowest BCUT2D eigenvalue weighted by Crippen LogP contribution is -2.13. The molecule has 0 radical (unpaired) electrons. The first-order valence-corrected chi connectivity index (χ1v) is 8.01. The van der Waals surface area contributed by atoms with E-state index in [1.807, 2.05) is 24.3 Å². The van der Waals surface area contributed by atoms with Crippen molar-refractivity contribution in [2.45, 2.75) is 24.5 Å². The number of carbonyl (C=O) groups is 1. The second-order valence-electron chi connectivity index (χ2n) is 5.23. The van der Waals surface area contributed by atoms with Gasteiger partial charge in [0.1, 0.15) is 0 Å². The fraction of sp³-hybridized carbons (Fsp3) is 0.467. The van der Waals surface area contributed by atoms with Crippen LogP contribution in [0.1, 0.15) is 12.8 Å². The first-order chi connectivity index (χ1) is 10.1. The number of aromatic nitrogens is 2. The molecule has 0 bridgehead atoms. The molecule has 21 heavy (non-hydrogen) atoms. The van der Waals surface area contributed by atoms with Crippen LogP contribution < -0.4 is 0 Å². The highest BCUT2D eigenvalue weighted by Crippen LogP contribution is 2.24. The number of aliphatic carboxylic acids is 1. The molecule has 1 aromatic carbocycles. The number of carboxylic acids is 1. The third-order valence-corrected chi connectivity index (χ3v) is 4.14. The van der Waals surface area contributed by atoms with Gasteiger partial charge in [-0.15, -0.1) is 0 Å². The highest BCUT2D eigenvalue weighted by molar-refractivity contribution is 7.99. The summed E-state index contributed by atoms with van der Waals surface area (Å²) in [6.45, 7) is 1.93. The van der Waals surface area contributed by atoms with Crippen LogP contribution in [-0.4, -0.2) is 51.9 Å². The Kier molecular flexibility index (Phi) is 5.64. The van der Waals surface area contributed by atoms with E-state index in [4.69, 9.17) is 5.11 Å². The largest absolute Gasteiger partial charge is 0.481 e. The SMILES string of the molecule is CN(C)CCCCn1c(SCC(=O)O)nc2ccccc21. The Morgan fingerprint density at radius 1 is 1.33 bits per heavy atom. The van der Waals surface area contributed by atoms with Gasteiger partial charge in [-0.2, -0.15) is 0 Å². The molecule has 0 aliphatic rings. The third-order valence-electron chi connectivity index (χ3n) is 3.18.